The Bertz CT molecular complexity index is 1070. The number of sulfonamides is 1. The van der Waals surface area contributed by atoms with E-state index >= 15 is 0 Å². The number of anilines is 2. The Hall–Kier alpha value is -2.71. The van der Waals surface area contributed by atoms with Gasteiger partial charge >= 0.3 is 0 Å². The topological polar surface area (TPSA) is 86.8 Å². The summed E-state index contributed by atoms with van der Waals surface area (Å²) in [6.07, 6.45) is 4.06. The van der Waals surface area contributed by atoms with Gasteiger partial charge in [-0.15, -0.1) is 0 Å². The first-order valence-corrected chi connectivity index (χ1v) is 13.3. The maximum atomic E-state index is 12.9. The summed E-state index contributed by atoms with van der Waals surface area (Å²) >= 11 is 0. The van der Waals surface area contributed by atoms with Gasteiger partial charge in [0.25, 0.3) is 0 Å². The Morgan fingerprint density at radius 3 is 2.45 bits per heavy atom. The summed E-state index contributed by atoms with van der Waals surface area (Å²) in [6.45, 7) is 1.41. The number of carbonyl (C=O) groups is 2. The van der Waals surface area contributed by atoms with Gasteiger partial charge in [-0.05, 0) is 61.9 Å². The number of rotatable bonds is 8. The molecule has 0 aromatic heterocycles. The van der Waals surface area contributed by atoms with Crippen molar-refractivity contribution >= 4 is 33.2 Å². The van der Waals surface area contributed by atoms with Crippen LogP contribution in [0.1, 0.15) is 37.7 Å². The van der Waals surface area contributed by atoms with Gasteiger partial charge in [-0.3, -0.25) is 9.59 Å². The molecule has 0 spiro atoms. The van der Waals surface area contributed by atoms with E-state index < -0.39 is 10.0 Å². The Kier molecular flexibility index (Phi) is 7.45. The lowest BCUT2D eigenvalue weighted by Crippen LogP contribution is -2.44. The third-order valence-corrected chi connectivity index (χ3v) is 8.30. The molecule has 2 aliphatic heterocycles. The molecule has 2 amide bonds. The van der Waals surface area contributed by atoms with Crippen LogP contribution in [0, 0.1) is 5.92 Å². The van der Waals surface area contributed by atoms with Crippen molar-refractivity contribution in [3.8, 4) is 0 Å². The molecule has 2 aromatic carbocycles. The van der Waals surface area contributed by atoms with Crippen molar-refractivity contribution in [2.24, 2.45) is 5.92 Å². The molecule has 1 N–H and O–H groups in total. The van der Waals surface area contributed by atoms with Gasteiger partial charge in [0.2, 0.25) is 21.8 Å². The van der Waals surface area contributed by atoms with Crippen LogP contribution in [0.5, 0.6) is 0 Å². The fraction of sp³-hybridized carbons (Fsp3) is 0.440. The Labute approximate surface area is 195 Å². The Morgan fingerprint density at radius 1 is 1.00 bits per heavy atom. The molecule has 0 radical (unpaired) electrons. The minimum Gasteiger partial charge on any atom is -0.326 e. The highest BCUT2D eigenvalue weighted by Gasteiger charge is 2.32. The molecule has 2 saturated heterocycles. The van der Waals surface area contributed by atoms with Crippen LogP contribution in [0.25, 0.3) is 0 Å². The first kappa shape index (κ1) is 23.4. The van der Waals surface area contributed by atoms with E-state index in [4.69, 9.17) is 0 Å². The highest BCUT2D eigenvalue weighted by Crippen LogP contribution is 2.25. The van der Waals surface area contributed by atoms with Crippen LogP contribution in [0.3, 0.4) is 0 Å². The molecule has 2 aliphatic rings. The second kappa shape index (κ2) is 10.5. The van der Waals surface area contributed by atoms with Gasteiger partial charge in [0.05, 0.1) is 11.7 Å². The predicted octanol–water partition coefficient (Wildman–Crippen LogP) is 3.43. The van der Waals surface area contributed by atoms with Gasteiger partial charge in [-0.1, -0.05) is 30.3 Å². The average Bonchev–Trinajstić information content (AvgIpc) is 3.26. The summed E-state index contributed by atoms with van der Waals surface area (Å²) < 4.78 is 27.2. The van der Waals surface area contributed by atoms with E-state index in [9.17, 15) is 18.0 Å². The lowest BCUT2D eigenvalue weighted by molar-refractivity contribution is -0.121. The lowest BCUT2D eigenvalue weighted by Gasteiger charge is -2.31. The second-order valence-corrected chi connectivity index (χ2v) is 10.9. The molecule has 4 rings (SSSR count). The lowest BCUT2D eigenvalue weighted by atomic mass is 9.98. The minimum absolute atomic E-state index is 0.0902. The van der Waals surface area contributed by atoms with E-state index in [-0.39, 0.29) is 30.0 Å². The molecule has 7 nitrogen and oxygen atoms in total. The molecule has 2 heterocycles. The maximum Gasteiger partial charge on any atom is 0.228 e. The van der Waals surface area contributed by atoms with Crippen molar-refractivity contribution in [2.75, 3.05) is 35.6 Å². The fourth-order valence-corrected chi connectivity index (χ4v) is 6.11. The van der Waals surface area contributed by atoms with Gasteiger partial charge in [0.15, 0.2) is 0 Å². The smallest absolute Gasteiger partial charge is 0.228 e. The number of nitrogens with zero attached hydrogens (tertiary/aromatic N) is 2. The zero-order valence-corrected chi connectivity index (χ0v) is 19.6. The molecule has 0 bridgehead atoms. The first-order chi connectivity index (χ1) is 15.9. The van der Waals surface area contributed by atoms with Gasteiger partial charge in [-0.25, -0.2) is 12.7 Å². The molecule has 2 aromatic rings. The number of benzene rings is 2. The number of hydrogen-bond donors (Lipinski definition) is 1. The van der Waals surface area contributed by atoms with Gasteiger partial charge < -0.3 is 10.2 Å². The summed E-state index contributed by atoms with van der Waals surface area (Å²) in [5, 5.41) is 2.91. The molecule has 1 atom stereocenters. The quantitative estimate of drug-likeness (QED) is 0.642. The summed E-state index contributed by atoms with van der Waals surface area (Å²) in [6, 6.07) is 17.1. The normalized spacial score (nSPS) is 19.6. The number of piperidine rings is 1. The molecular weight excluding hydrogens is 438 g/mol. The second-order valence-electron chi connectivity index (χ2n) is 8.79. The Balaban J connectivity index is 1.30. The standard InChI is InChI=1S/C25H31N3O4S/c29-24-11-5-17-28(24)23-14-12-22(13-15-23)26-25(30)21-10-4-16-27(19-21)33(31,32)18-6-9-20-7-2-1-3-8-20/h1-3,7-8,12-15,21H,4-6,9-11,16-19H2,(H,26,30)/t21-/m0/s1. The van der Waals surface area contributed by atoms with Crippen LogP contribution in [0.4, 0.5) is 11.4 Å². The molecule has 0 aliphatic carbocycles. The van der Waals surface area contributed by atoms with Gasteiger partial charge in [0.1, 0.15) is 0 Å². The highest BCUT2D eigenvalue weighted by atomic mass is 32.2. The van der Waals surface area contributed by atoms with Crippen LogP contribution in [0.15, 0.2) is 54.6 Å². The number of carbonyl (C=O) groups excluding carboxylic acids is 2. The van der Waals surface area contributed by atoms with Crippen molar-refractivity contribution in [3.63, 3.8) is 0 Å². The molecule has 0 saturated carbocycles. The van der Waals surface area contributed by atoms with E-state index in [1.54, 1.807) is 17.0 Å². The molecule has 8 heteroatoms. The summed E-state index contributed by atoms with van der Waals surface area (Å²) in [5.74, 6) is -0.321. The fourth-order valence-electron chi connectivity index (χ4n) is 4.53. The van der Waals surface area contributed by atoms with E-state index in [0.29, 0.717) is 37.9 Å². The molecule has 2 fully saturated rings. The van der Waals surface area contributed by atoms with Crippen LogP contribution in [-0.2, 0) is 26.0 Å². The van der Waals surface area contributed by atoms with Crippen molar-refractivity contribution in [2.45, 2.75) is 38.5 Å². The monoisotopic (exact) mass is 469 g/mol. The zero-order chi connectivity index (χ0) is 23.3. The molecule has 176 valence electrons. The Morgan fingerprint density at radius 2 is 1.76 bits per heavy atom. The van der Waals surface area contributed by atoms with Crippen molar-refractivity contribution in [1.82, 2.24) is 4.31 Å². The number of amides is 2. The van der Waals surface area contributed by atoms with Crippen LogP contribution >= 0.6 is 0 Å². The van der Waals surface area contributed by atoms with E-state index in [0.717, 1.165) is 30.6 Å². The van der Waals surface area contributed by atoms with Gasteiger partial charge in [-0.2, -0.15) is 0 Å². The van der Waals surface area contributed by atoms with Crippen LogP contribution in [0.2, 0.25) is 0 Å². The number of nitrogens with one attached hydrogen (secondary N) is 1. The highest BCUT2D eigenvalue weighted by molar-refractivity contribution is 7.89. The van der Waals surface area contributed by atoms with Crippen LogP contribution < -0.4 is 10.2 Å². The van der Waals surface area contributed by atoms with E-state index in [2.05, 4.69) is 5.32 Å². The molecular formula is C25H31N3O4S. The third-order valence-electron chi connectivity index (χ3n) is 6.38. The largest absolute Gasteiger partial charge is 0.326 e. The summed E-state index contributed by atoms with van der Waals surface area (Å²) in [7, 11) is -3.40. The number of aryl methyl sites for hydroxylation is 1. The maximum absolute atomic E-state index is 12.9. The summed E-state index contributed by atoms with van der Waals surface area (Å²) in [4.78, 5) is 26.5. The van der Waals surface area contributed by atoms with E-state index in [1.165, 1.54) is 4.31 Å². The summed E-state index contributed by atoms with van der Waals surface area (Å²) in [5.41, 5.74) is 2.61. The van der Waals surface area contributed by atoms with Crippen molar-refractivity contribution in [3.05, 3.63) is 60.2 Å². The third kappa shape index (κ3) is 6.00. The average molecular weight is 470 g/mol. The van der Waals surface area contributed by atoms with Crippen LogP contribution in [-0.4, -0.2) is 49.9 Å². The first-order valence-electron chi connectivity index (χ1n) is 11.7. The predicted molar refractivity (Wildman–Crippen MR) is 130 cm³/mol. The SMILES string of the molecule is O=C(Nc1ccc(N2CCCC2=O)cc1)[C@H]1CCCN(S(=O)(=O)CCCc2ccccc2)C1. The van der Waals surface area contributed by atoms with E-state index in [1.807, 2.05) is 42.5 Å². The minimum atomic E-state index is -3.40. The zero-order valence-electron chi connectivity index (χ0n) is 18.8. The number of hydrogen-bond acceptors (Lipinski definition) is 4. The van der Waals surface area contributed by atoms with Gasteiger partial charge in [0, 0.05) is 37.4 Å². The van der Waals surface area contributed by atoms with Crippen molar-refractivity contribution < 1.29 is 18.0 Å². The molecule has 0 unspecified atom stereocenters. The van der Waals surface area contributed by atoms with Crippen molar-refractivity contribution in [1.29, 1.82) is 0 Å². The molecule has 33 heavy (non-hydrogen) atoms.